The van der Waals surface area contributed by atoms with Crippen LogP contribution in [0.5, 0.6) is 5.75 Å². The third-order valence-corrected chi connectivity index (χ3v) is 4.58. The molecule has 0 atom stereocenters. The van der Waals surface area contributed by atoms with E-state index in [9.17, 15) is 30.3 Å². The van der Waals surface area contributed by atoms with Gasteiger partial charge in [0.25, 0.3) is 5.95 Å². The van der Waals surface area contributed by atoms with Gasteiger partial charge in [0.1, 0.15) is 23.7 Å². The van der Waals surface area contributed by atoms with E-state index >= 15 is 0 Å². The SMILES string of the molecule is CC(=O)Oc1cccc(C2=CC/C(=C\C=C(/O)C3=CC(C(O)(O)O)=C(O)OC3)C2)c1. The Balaban J connectivity index is 1.71. The lowest BCUT2D eigenvalue weighted by Gasteiger charge is -2.22. The topological polar surface area (TPSA) is 137 Å². The van der Waals surface area contributed by atoms with Crippen molar-refractivity contribution in [2.45, 2.75) is 25.7 Å². The van der Waals surface area contributed by atoms with Gasteiger partial charge in [0, 0.05) is 12.5 Å². The quantitative estimate of drug-likeness (QED) is 0.215. The van der Waals surface area contributed by atoms with E-state index in [1.807, 2.05) is 18.2 Å². The van der Waals surface area contributed by atoms with Gasteiger partial charge in [-0.2, -0.15) is 0 Å². The second-order valence-electron chi connectivity index (χ2n) is 6.92. The molecule has 0 saturated heterocycles. The van der Waals surface area contributed by atoms with Crippen LogP contribution in [-0.2, 0) is 9.53 Å². The number of hydrogen-bond acceptors (Lipinski definition) is 8. The van der Waals surface area contributed by atoms with E-state index in [0.717, 1.165) is 22.8 Å². The van der Waals surface area contributed by atoms with E-state index in [1.54, 1.807) is 18.2 Å². The molecule has 0 saturated carbocycles. The summed E-state index contributed by atoms with van der Waals surface area (Å²) < 4.78 is 9.97. The Hall–Kier alpha value is -3.33. The fourth-order valence-corrected chi connectivity index (χ4v) is 3.11. The zero-order chi connectivity index (χ0) is 21.9. The fraction of sp³-hybridized carbons (Fsp3) is 0.227. The first kappa shape index (κ1) is 21.4. The lowest BCUT2D eigenvalue weighted by Crippen LogP contribution is -2.32. The van der Waals surface area contributed by atoms with Crippen LogP contribution in [0.3, 0.4) is 0 Å². The van der Waals surface area contributed by atoms with E-state index in [-0.39, 0.29) is 23.9 Å². The monoisotopic (exact) mass is 414 g/mol. The largest absolute Gasteiger partial charge is 0.508 e. The minimum Gasteiger partial charge on any atom is -0.508 e. The van der Waals surface area contributed by atoms with Gasteiger partial charge in [-0.15, -0.1) is 0 Å². The van der Waals surface area contributed by atoms with Gasteiger partial charge < -0.3 is 35.0 Å². The second kappa shape index (κ2) is 8.58. The Bertz CT molecular complexity index is 1000. The van der Waals surface area contributed by atoms with Gasteiger partial charge in [0.2, 0.25) is 0 Å². The Labute approximate surface area is 172 Å². The van der Waals surface area contributed by atoms with Crippen LogP contribution in [-0.4, -0.2) is 44.1 Å². The molecular weight excluding hydrogens is 392 g/mol. The average Bonchev–Trinajstić information content (AvgIpc) is 3.14. The highest BCUT2D eigenvalue weighted by Crippen LogP contribution is 2.33. The molecule has 1 heterocycles. The molecule has 3 rings (SSSR count). The molecular formula is C22H22O8. The van der Waals surface area contributed by atoms with Crippen molar-refractivity contribution < 1.29 is 39.8 Å². The Morgan fingerprint density at radius 2 is 2.03 bits per heavy atom. The number of ether oxygens (including phenoxy) is 2. The Kier molecular flexibility index (Phi) is 6.12. The van der Waals surface area contributed by atoms with Crippen LogP contribution in [0.2, 0.25) is 0 Å². The number of benzene rings is 1. The average molecular weight is 414 g/mol. The summed E-state index contributed by atoms with van der Waals surface area (Å²) in [6, 6.07) is 7.23. The van der Waals surface area contributed by atoms with Crippen LogP contribution in [0.4, 0.5) is 0 Å². The van der Waals surface area contributed by atoms with Crippen LogP contribution < -0.4 is 4.74 Å². The molecule has 0 radical (unpaired) electrons. The maximum Gasteiger partial charge on any atom is 0.311 e. The number of aliphatic hydroxyl groups excluding tert-OH is 2. The molecule has 0 fully saturated rings. The molecule has 0 spiro atoms. The second-order valence-corrected chi connectivity index (χ2v) is 6.92. The molecule has 8 nitrogen and oxygen atoms in total. The molecule has 30 heavy (non-hydrogen) atoms. The minimum absolute atomic E-state index is 0.154. The smallest absolute Gasteiger partial charge is 0.311 e. The molecule has 0 aromatic heterocycles. The zero-order valence-electron chi connectivity index (χ0n) is 16.2. The first-order valence-corrected chi connectivity index (χ1v) is 9.14. The number of carbonyl (C=O) groups is 1. The summed E-state index contributed by atoms with van der Waals surface area (Å²) in [5.74, 6) is -4.25. The highest BCUT2D eigenvalue weighted by Gasteiger charge is 2.32. The summed E-state index contributed by atoms with van der Waals surface area (Å²) >= 11 is 0. The van der Waals surface area contributed by atoms with E-state index in [1.165, 1.54) is 13.0 Å². The third kappa shape index (κ3) is 5.18. The third-order valence-electron chi connectivity index (χ3n) is 4.58. The molecule has 1 aliphatic carbocycles. The number of allylic oxidation sites excluding steroid dienone is 5. The molecule has 1 aromatic rings. The van der Waals surface area contributed by atoms with Crippen molar-refractivity contribution in [3.8, 4) is 5.75 Å². The van der Waals surface area contributed by atoms with Crippen molar-refractivity contribution in [1.82, 2.24) is 0 Å². The predicted octanol–water partition coefficient (Wildman–Crippen LogP) is 2.51. The van der Waals surface area contributed by atoms with Crippen molar-refractivity contribution in [3.05, 3.63) is 82.6 Å². The molecule has 8 heteroatoms. The Morgan fingerprint density at radius 3 is 2.73 bits per heavy atom. The van der Waals surface area contributed by atoms with Crippen molar-refractivity contribution in [2.75, 3.05) is 6.61 Å². The molecule has 0 amide bonds. The lowest BCUT2D eigenvalue weighted by atomic mass is 10.0. The zero-order valence-corrected chi connectivity index (χ0v) is 16.2. The predicted molar refractivity (Wildman–Crippen MR) is 107 cm³/mol. The summed E-state index contributed by atoms with van der Waals surface area (Å²) in [6.07, 6.45) is 7.57. The summed E-state index contributed by atoms with van der Waals surface area (Å²) in [4.78, 5) is 11.1. The standard InChI is InChI=1S/C22H22O8/c1-13(23)30-18-4-2-3-15(10-18)16-7-5-14(9-16)6-8-20(24)17-11-19(22(26,27)28)21(25)29-12-17/h2-4,6-8,10-11,24-28H,5,9,12H2,1H3/b14-6+,20-8-. The molecule has 1 aliphatic heterocycles. The van der Waals surface area contributed by atoms with Gasteiger partial charge in [-0.05, 0) is 48.3 Å². The van der Waals surface area contributed by atoms with Crippen LogP contribution >= 0.6 is 0 Å². The van der Waals surface area contributed by atoms with Crippen LogP contribution in [0.1, 0.15) is 25.3 Å². The van der Waals surface area contributed by atoms with Gasteiger partial charge in [-0.1, -0.05) is 29.9 Å². The van der Waals surface area contributed by atoms with E-state index in [4.69, 9.17) is 9.47 Å². The van der Waals surface area contributed by atoms with Crippen LogP contribution in [0.15, 0.2) is 77.0 Å². The molecule has 1 aromatic carbocycles. The molecule has 5 N–H and O–H groups in total. The van der Waals surface area contributed by atoms with Gasteiger partial charge in [-0.25, -0.2) is 0 Å². The molecule has 0 bridgehead atoms. The van der Waals surface area contributed by atoms with Crippen molar-refractivity contribution >= 4 is 11.5 Å². The first-order chi connectivity index (χ1) is 14.1. The van der Waals surface area contributed by atoms with Crippen molar-refractivity contribution in [3.63, 3.8) is 0 Å². The summed E-state index contributed by atoms with van der Waals surface area (Å²) in [5, 5.41) is 47.5. The van der Waals surface area contributed by atoms with Gasteiger partial charge in [0.05, 0.1) is 0 Å². The summed E-state index contributed by atoms with van der Waals surface area (Å²) in [5.41, 5.74) is 2.50. The van der Waals surface area contributed by atoms with Gasteiger partial charge in [0.15, 0.2) is 0 Å². The lowest BCUT2D eigenvalue weighted by molar-refractivity contribution is -0.283. The number of rotatable bonds is 5. The number of carbonyl (C=O) groups excluding carboxylic acids is 1. The fourth-order valence-electron chi connectivity index (χ4n) is 3.11. The van der Waals surface area contributed by atoms with E-state index in [2.05, 4.69) is 0 Å². The van der Waals surface area contributed by atoms with Crippen molar-refractivity contribution in [2.24, 2.45) is 0 Å². The minimum atomic E-state index is -3.29. The number of hydrogen-bond donors (Lipinski definition) is 5. The Morgan fingerprint density at radius 1 is 1.27 bits per heavy atom. The highest BCUT2D eigenvalue weighted by molar-refractivity contribution is 5.73. The van der Waals surface area contributed by atoms with E-state index in [0.29, 0.717) is 18.6 Å². The normalized spacial score (nSPS) is 18.8. The molecule has 2 aliphatic rings. The molecule has 0 unspecified atom stereocenters. The van der Waals surface area contributed by atoms with Gasteiger partial charge >= 0.3 is 11.9 Å². The van der Waals surface area contributed by atoms with Gasteiger partial charge in [-0.3, -0.25) is 4.79 Å². The summed E-state index contributed by atoms with van der Waals surface area (Å²) in [6.45, 7) is 1.14. The molecule has 158 valence electrons. The number of esters is 1. The van der Waals surface area contributed by atoms with Crippen molar-refractivity contribution in [1.29, 1.82) is 0 Å². The van der Waals surface area contributed by atoms with Crippen LogP contribution in [0, 0.1) is 0 Å². The maximum absolute atomic E-state index is 11.1. The number of aliphatic hydroxyl groups is 5. The maximum atomic E-state index is 11.1. The van der Waals surface area contributed by atoms with Crippen LogP contribution in [0.25, 0.3) is 5.57 Å². The summed E-state index contributed by atoms with van der Waals surface area (Å²) in [7, 11) is 0. The highest BCUT2D eigenvalue weighted by atomic mass is 16.7. The first-order valence-electron chi connectivity index (χ1n) is 9.14. The van der Waals surface area contributed by atoms with E-state index < -0.39 is 17.5 Å².